The van der Waals surface area contributed by atoms with E-state index in [1.54, 1.807) is 18.3 Å². The molecule has 7 heteroatoms. The fourth-order valence-corrected chi connectivity index (χ4v) is 5.82. The van der Waals surface area contributed by atoms with Gasteiger partial charge in [0.1, 0.15) is 0 Å². The largest absolute Gasteiger partial charge is 0.350 e. The van der Waals surface area contributed by atoms with Crippen molar-refractivity contribution in [2.45, 2.75) is 31.7 Å². The third kappa shape index (κ3) is 3.47. The molecule has 118 valence electrons. The minimum absolute atomic E-state index is 0.0346. The number of carbonyl (C=O) groups is 1. The number of hydrogen-bond donors (Lipinski definition) is 1. The number of amides is 1. The fraction of sp³-hybridized carbons (Fsp3) is 0.467. The highest BCUT2D eigenvalue weighted by Gasteiger charge is 2.39. The zero-order valence-electron chi connectivity index (χ0n) is 12.3. The summed E-state index contributed by atoms with van der Waals surface area (Å²) in [7, 11) is -3.01. The van der Waals surface area contributed by atoms with Gasteiger partial charge in [-0.1, -0.05) is 12.1 Å². The molecule has 5 nitrogen and oxygen atoms in total. The van der Waals surface area contributed by atoms with E-state index in [9.17, 15) is 13.2 Å². The highest BCUT2D eigenvalue weighted by Crippen LogP contribution is 2.24. The Balaban J connectivity index is 1.58. The number of rotatable bonds is 4. The van der Waals surface area contributed by atoms with Gasteiger partial charge >= 0.3 is 0 Å². The number of carbonyl (C=O) groups excluding carboxylic acids is 1. The Morgan fingerprint density at radius 3 is 2.86 bits per heavy atom. The molecule has 0 saturated carbocycles. The zero-order chi connectivity index (χ0) is 15.8. The second-order valence-electron chi connectivity index (χ2n) is 6.03. The first-order valence-electron chi connectivity index (χ1n) is 7.21. The van der Waals surface area contributed by atoms with Gasteiger partial charge in [0, 0.05) is 12.8 Å². The maximum Gasteiger partial charge on any atom is 0.220 e. The Kier molecular flexibility index (Phi) is 3.94. The lowest BCUT2D eigenvalue weighted by Crippen LogP contribution is -2.47. The van der Waals surface area contributed by atoms with Crippen molar-refractivity contribution in [1.82, 2.24) is 10.3 Å². The summed E-state index contributed by atoms with van der Waals surface area (Å²) in [5, 5.41) is 3.80. The van der Waals surface area contributed by atoms with Crippen LogP contribution in [0.4, 0.5) is 0 Å². The van der Waals surface area contributed by atoms with E-state index < -0.39 is 15.4 Å². The van der Waals surface area contributed by atoms with Gasteiger partial charge in [0.15, 0.2) is 9.84 Å². The van der Waals surface area contributed by atoms with Crippen LogP contribution in [0.5, 0.6) is 0 Å². The van der Waals surface area contributed by atoms with Crippen LogP contribution in [0.15, 0.2) is 24.3 Å². The number of nitrogens with one attached hydrogen (secondary N) is 1. The summed E-state index contributed by atoms with van der Waals surface area (Å²) in [6, 6.07) is 7.89. The van der Waals surface area contributed by atoms with Gasteiger partial charge in [-0.15, -0.1) is 11.3 Å². The van der Waals surface area contributed by atoms with E-state index in [-0.39, 0.29) is 17.4 Å². The fourth-order valence-electron chi connectivity index (χ4n) is 2.76. The Bertz CT molecular complexity index is 780. The quantitative estimate of drug-likeness (QED) is 0.924. The van der Waals surface area contributed by atoms with Gasteiger partial charge in [0.2, 0.25) is 5.91 Å². The monoisotopic (exact) mass is 338 g/mol. The van der Waals surface area contributed by atoms with Gasteiger partial charge in [0.05, 0.1) is 32.3 Å². The van der Waals surface area contributed by atoms with E-state index >= 15 is 0 Å². The predicted molar refractivity (Wildman–Crippen MR) is 87.8 cm³/mol. The molecule has 22 heavy (non-hydrogen) atoms. The Morgan fingerprint density at radius 2 is 2.18 bits per heavy atom. The van der Waals surface area contributed by atoms with Gasteiger partial charge in [0.25, 0.3) is 0 Å². The summed E-state index contributed by atoms with van der Waals surface area (Å²) in [4.78, 5) is 16.6. The second-order valence-corrected chi connectivity index (χ2v) is 9.33. The van der Waals surface area contributed by atoms with Crippen molar-refractivity contribution >= 4 is 37.3 Å². The highest BCUT2D eigenvalue weighted by molar-refractivity contribution is 7.91. The molecule has 2 heterocycles. The number of aromatic nitrogens is 1. The number of aryl methyl sites for hydroxylation is 1. The van der Waals surface area contributed by atoms with Gasteiger partial charge < -0.3 is 5.32 Å². The van der Waals surface area contributed by atoms with E-state index in [1.807, 2.05) is 24.3 Å². The molecule has 1 saturated heterocycles. The number of fused-ring (bicyclic) bond motifs is 1. The molecule has 1 aromatic heterocycles. The van der Waals surface area contributed by atoms with E-state index in [0.717, 1.165) is 15.2 Å². The molecular formula is C15H18N2O3S2. The van der Waals surface area contributed by atoms with E-state index in [4.69, 9.17) is 0 Å². The van der Waals surface area contributed by atoms with Crippen molar-refractivity contribution in [3.63, 3.8) is 0 Å². The summed E-state index contributed by atoms with van der Waals surface area (Å²) in [6.07, 6.45) is 1.39. The molecule has 1 atom stereocenters. The molecule has 2 aromatic rings. The zero-order valence-corrected chi connectivity index (χ0v) is 14.0. The van der Waals surface area contributed by atoms with Crippen LogP contribution in [-0.4, -0.2) is 36.4 Å². The van der Waals surface area contributed by atoms with Crippen LogP contribution >= 0.6 is 11.3 Å². The van der Waals surface area contributed by atoms with Crippen LogP contribution in [-0.2, 0) is 21.1 Å². The molecule has 1 N–H and O–H groups in total. The molecule has 1 aliphatic rings. The Morgan fingerprint density at radius 1 is 1.41 bits per heavy atom. The lowest BCUT2D eigenvalue weighted by Gasteiger charge is -2.23. The Hall–Kier alpha value is -1.47. The predicted octanol–water partition coefficient (Wildman–Crippen LogP) is 1.92. The molecule has 1 aliphatic heterocycles. The minimum atomic E-state index is -3.01. The standard InChI is InChI=1S/C15H18N2O3S2/c1-15(8-9-22(19,20)10-15)17-13(18)6-7-14-16-11-4-2-3-5-12(11)21-14/h2-5H,6-10H2,1H3,(H,17,18)/t15-/m1/s1. The van der Waals surface area contributed by atoms with Gasteiger partial charge in [-0.2, -0.15) is 0 Å². The molecule has 0 bridgehead atoms. The molecule has 0 aliphatic carbocycles. The molecule has 0 radical (unpaired) electrons. The van der Waals surface area contributed by atoms with Crippen molar-refractivity contribution in [3.8, 4) is 0 Å². The van der Waals surface area contributed by atoms with Crippen LogP contribution in [0.1, 0.15) is 24.8 Å². The maximum atomic E-state index is 12.1. The normalized spacial score (nSPS) is 23.7. The van der Waals surface area contributed by atoms with Crippen molar-refractivity contribution in [2.75, 3.05) is 11.5 Å². The summed E-state index contributed by atoms with van der Waals surface area (Å²) in [5.41, 5.74) is 0.334. The Labute approximate surface area is 133 Å². The van der Waals surface area contributed by atoms with E-state index in [2.05, 4.69) is 10.3 Å². The first-order valence-corrected chi connectivity index (χ1v) is 9.85. The smallest absolute Gasteiger partial charge is 0.220 e. The number of sulfone groups is 1. The van der Waals surface area contributed by atoms with Crippen molar-refractivity contribution < 1.29 is 13.2 Å². The van der Waals surface area contributed by atoms with Crippen LogP contribution in [0.2, 0.25) is 0 Å². The average molecular weight is 338 g/mol. The van der Waals surface area contributed by atoms with E-state index in [0.29, 0.717) is 19.3 Å². The van der Waals surface area contributed by atoms with Gasteiger partial charge in [-0.3, -0.25) is 4.79 Å². The first kappa shape index (κ1) is 15.4. The number of nitrogens with zero attached hydrogens (tertiary/aromatic N) is 1. The summed E-state index contributed by atoms with van der Waals surface area (Å²) in [6.45, 7) is 1.80. The molecule has 0 unspecified atom stereocenters. The second kappa shape index (κ2) is 5.62. The average Bonchev–Trinajstić information content (AvgIpc) is 2.96. The summed E-state index contributed by atoms with van der Waals surface area (Å²) >= 11 is 1.59. The van der Waals surface area contributed by atoms with Crippen LogP contribution in [0, 0.1) is 0 Å². The maximum absolute atomic E-state index is 12.1. The molecule has 1 aromatic carbocycles. The van der Waals surface area contributed by atoms with Gasteiger partial charge in [-0.05, 0) is 25.5 Å². The third-order valence-electron chi connectivity index (χ3n) is 3.85. The topological polar surface area (TPSA) is 76.1 Å². The van der Waals surface area contributed by atoms with Crippen molar-refractivity contribution in [1.29, 1.82) is 0 Å². The minimum Gasteiger partial charge on any atom is -0.350 e. The van der Waals surface area contributed by atoms with Crippen LogP contribution in [0.3, 0.4) is 0 Å². The van der Waals surface area contributed by atoms with Crippen molar-refractivity contribution in [2.24, 2.45) is 0 Å². The molecule has 1 amide bonds. The van der Waals surface area contributed by atoms with Crippen LogP contribution < -0.4 is 5.32 Å². The summed E-state index contributed by atoms with van der Waals surface area (Å²) in [5.74, 6) is 0.0768. The molecular weight excluding hydrogens is 320 g/mol. The molecule has 1 fully saturated rings. The lowest BCUT2D eigenvalue weighted by molar-refractivity contribution is -0.122. The number of thiazole rings is 1. The third-order valence-corrected chi connectivity index (χ3v) is 6.85. The molecule has 0 spiro atoms. The number of benzene rings is 1. The highest BCUT2D eigenvalue weighted by atomic mass is 32.2. The van der Waals surface area contributed by atoms with Crippen molar-refractivity contribution in [3.05, 3.63) is 29.3 Å². The SMILES string of the molecule is C[C@@]1(NC(=O)CCc2nc3ccccc3s2)CCS(=O)(=O)C1. The molecule has 3 rings (SSSR count). The van der Waals surface area contributed by atoms with E-state index in [1.165, 1.54) is 0 Å². The number of para-hydroxylation sites is 1. The lowest BCUT2D eigenvalue weighted by atomic mass is 10.0. The summed E-state index contributed by atoms with van der Waals surface area (Å²) < 4.78 is 24.2. The van der Waals surface area contributed by atoms with Crippen LogP contribution in [0.25, 0.3) is 10.2 Å². The van der Waals surface area contributed by atoms with Gasteiger partial charge in [-0.25, -0.2) is 13.4 Å². The first-order chi connectivity index (χ1) is 10.4. The number of hydrogen-bond acceptors (Lipinski definition) is 5.